The van der Waals surface area contributed by atoms with Gasteiger partial charge in [0.05, 0.1) is 12.7 Å². The Labute approximate surface area is 125 Å². The van der Waals surface area contributed by atoms with Crippen molar-refractivity contribution in [3.05, 3.63) is 28.2 Å². The zero-order valence-electron chi connectivity index (χ0n) is 10.9. The van der Waals surface area contributed by atoms with Gasteiger partial charge in [0.15, 0.2) is 0 Å². The van der Waals surface area contributed by atoms with E-state index >= 15 is 0 Å². The molecule has 0 heterocycles. The number of hydrogen-bond donors (Lipinski definition) is 1. The second-order valence-corrected chi connectivity index (χ2v) is 6.87. The van der Waals surface area contributed by atoms with Gasteiger partial charge < -0.3 is 10.1 Å². The molecular weight excluding hydrogens is 362 g/mol. The summed E-state index contributed by atoms with van der Waals surface area (Å²) in [5.74, 6) is 0.533. The fraction of sp³-hybridized carbons (Fsp3) is 0.462. The first-order valence-electron chi connectivity index (χ1n) is 5.58. The van der Waals surface area contributed by atoms with Crippen molar-refractivity contribution >= 4 is 37.8 Å². The molecule has 100 valence electrons. The van der Waals surface area contributed by atoms with Crippen molar-refractivity contribution in [1.82, 2.24) is 5.32 Å². The van der Waals surface area contributed by atoms with E-state index < -0.39 is 0 Å². The molecular formula is C13H17Br2NO2. The van der Waals surface area contributed by atoms with Crippen molar-refractivity contribution < 1.29 is 9.53 Å². The van der Waals surface area contributed by atoms with Crippen LogP contribution in [-0.2, 0) is 0 Å². The standard InChI is InChI=1S/C13H17Br2NO2/c1-8(14)13(2,3)16-12(17)10-7-9(18-4)5-6-11(10)15/h5-8H,1-4H3,(H,16,17). The molecule has 0 aliphatic rings. The Morgan fingerprint density at radius 1 is 1.44 bits per heavy atom. The van der Waals surface area contributed by atoms with Gasteiger partial charge >= 0.3 is 0 Å². The third-order valence-corrected chi connectivity index (χ3v) is 4.68. The summed E-state index contributed by atoms with van der Waals surface area (Å²) in [6, 6.07) is 5.33. The van der Waals surface area contributed by atoms with Gasteiger partial charge in [-0.2, -0.15) is 0 Å². The van der Waals surface area contributed by atoms with Gasteiger partial charge in [-0.1, -0.05) is 22.9 Å². The van der Waals surface area contributed by atoms with Crippen molar-refractivity contribution in [3.63, 3.8) is 0 Å². The lowest BCUT2D eigenvalue weighted by molar-refractivity contribution is 0.0912. The van der Waals surface area contributed by atoms with Gasteiger partial charge in [0, 0.05) is 14.8 Å². The molecule has 1 aromatic rings. The van der Waals surface area contributed by atoms with E-state index in [1.165, 1.54) is 0 Å². The van der Waals surface area contributed by atoms with Crippen LogP contribution in [0.4, 0.5) is 0 Å². The van der Waals surface area contributed by atoms with E-state index in [0.717, 1.165) is 4.47 Å². The number of amides is 1. The molecule has 5 heteroatoms. The number of benzene rings is 1. The molecule has 0 aromatic heterocycles. The van der Waals surface area contributed by atoms with Gasteiger partial charge in [0.2, 0.25) is 0 Å². The lowest BCUT2D eigenvalue weighted by Gasteiger charge is -2.29. The SMILES string of the molecule is COc1ccc(Br)c(C(=O)NC(C)(C)C(C)Br)c1. The summed E-state index contributed by atoms with van der Waals surface area (Å²) < 4.78 is 5.88. The Bertz CT molecular complexity index is 445. The third-order valence-electron chi connectivity index (χ3n) is 2.85. The molecule has 1 N–H and O–H groups in total. The summed E-state index contributed by atoms with van der Waals surface area (Å²) in [4.78, 5) is 12.4. The molecule has 0 bridgehead atoms. The van der Waals surface area contributed by atoms with Crippen molar-refractivity contribution in [2.24, 2.45) is 0 Å². The van der Waals surface area contributed by atoms with Crippen LogP contribution in [0, 0.1) is 0 Å². The van der Waals surface area contributed by atoms with Crippen LogP contribution < -0.4 is 10.1 Å². The second-order valence-electron chi connectivity index (χ2n) is 4.64. The Morgan fingerprint density at radius 3 is 2.56 bits per heavy atom. The van der Waals surface area contributed by atoms with E-state index in [0.29, 0.717) is 11.3 Å². The summed E-state index contributed by atoms with van der Waals surface area (Å²) in [5.41, 5.74) is 0.232. The molecule has 0 aliphatic carbocycles. The highest BCUT2D eigenvalue weighted by molar-refractivity contribution is 9.10. The maximum Gasteiger partial charge on any atom is 0.253 e. The minimum atomic E-state index is -0.334. The van der Waals surface area contributed by atoms with Gasteiger partial charge in [0.1, 0.15) is 5.75 Å². The summed E-state index contributed by atoms with van der Waals surface area (Å²) in [6.07, 6.45) is 0. The predicted octanol–water partition coefficient (Wildman–Crippen LogP) is 3.75. The Hall–Kier alpha value is -0.550. The molecule has 1 aromatic carbocycles. The summed E-state index contributed by atoms with van der Waals surface area (Å²) in [7, 11) is 1.58. The highest BCUT2D eigenvalue weighted by atomic mass is 79.9. The van der Waals surface area contributed by atoms with Crippen molar-refractivity contribution in [2.75, 3.05) is 7.11 Å². The largest absolute Gasteiger partial charge is 0.497 e. The number of rotatable bonds is 4. The fourth-order valence-electron chi connectivity index (χ4n) is 1.26. The fourth-order valence-corrected chi connectivity index (χ4v) is 1.81. The van der Waals surface area contributed by atoms with Gasteiger partial charge in [-0.25, -0.2) is 0 Å². The summed E-state index contributed by atoms with van der Waals surface area (Å²) in [5, 5.41) is 2.99. The van der Waals surface area contributed by atoms with Gasteiger partial charge in [0.25, 0.3) is 5.91 Å². The van der Waals surface area contributed by atoms with Crippen LogP contribution in [0.1, 0.15) is 31.1 Å². The van der Waals surface area contributed by atoms with Gasteiger partial charge in [-0.15, -0.1) is 0 Å². The summed E-state index contributed by atoms with van der Waals surface area (Å²) >= 11 is 6.87. The Morgan fingerprint density at radius 2 is 2.06 bits per heavy atom. The van der Waals surface area contributed by atoms with Crippen LogP contribution in [0.25, 0.3) is 0 Å². The number of hydrogen-bond acceptors (Lipinski definition) is 2. The van der Waals surface area contributed by atoms with Crippen molar-refractivity contribution in [1.29, 1.82) is 0 Å². The molecule has 0 saturated heterocycles. The quantitative estimate of drug-likeness (QED) is 0.810. The molecule has 0 radical (unpaired) electrons. The first-order valence-corrected chi connectivity index (χ1v) is 7.29. The topological polar surface area (TPSA) is 38.3 Å². The molecule has 1 rings (SSSR count). The minimum absolute atomic E-state index is 0.128. The lowest BCUT2D eigenvalue weighted by atomic mass is 10.0. The van der Waals surface area contributed by atoms with Crippen LogP contribution in [0.2, 0.25) is 0 Å². The number of nitrogens with one attached hydrogen (secondary N) is 1. The molecule has 0 saturated carbocycles. The van der Waals surface area contributed by atoms with Crippen LogP contribution in [0.15, 0.2) is 22.7 Å². The van der Waals surface area contributed by atoms with E-state index in [1.54, 1.807) is 25.3 Å². The molecule has 0 spiro atoms. The monoisotopic (exact) mass is 377 g/mol. The van der Waals surface area contributed by atoms with E-state index in [1.807, 2.05) is 20.8 Å². The number of alkyl halides is 1. The molecule has 0 fully saturated rings. The van der Waals surface area contributed by atoms with E-state index in [-0.39, 0.29) is 16.3 Å². The molecule has 3 nitrogen and oxygen atoms in total. The third kappa shape index (κ3) is 3.72. The smallest absolute Gasteiger partial charge is 0.253 e. The number of halogens is 2. The van der Waals surface area contributed by atoms with Crippen LogP contribution in [0.5, 0.6) is 5.75 Å². The zero-order valence-corrected chi connectivity index (χ0v) is 14.1. The highest BCUT2D eigenvalue weighted by Gasteiger charge is 2.27. The first-order chi connectivity index (χ1) is 8.27. The van der Waals surface area contributed by atoms with Gasteiger partial charge in [-0.3, -0.25) is 4.79 Å². The number of carbonyl (C=O) groups is 1. The average Bonchev–Trinajstić information content (AvgIpc) is 2.28. The predicted molar refractivity (Wildman–Crippen MR) is 80.6 cm³/mol. The normalized spacial score (nSPS) is 13.0. The van der Waals surface area contributed by atoms with E-state index in [9.17, 15) is 4.79 Å². The lowest BCUT2D eigenvalue weighted by Crippen LogP contribution is -2.48. The van der Waals surface area contributed by atoms with Crippen LogP contribution in [0.3, 0.4) is 0 Å². The van der Waals surface area contributed by atoms with Crippen LogP contribution in [-0.4, -0.2) is 23.4 Å². The number of methoxy groups -OCH3 is 1. The van der Waals surface area contributed by atoms with E-state index in [2.05, 4.69) is 37.2 Å². The van der Waals surface area contributed by atoms with Crippen molar-refractivity contribution in [3.8, 4) is 5.75 Å². The van der Waals surface area contributed by atoms with E-state index in [4.69, 9.17) is 4.74 Å². The summed E-state index contributed by atoms with van der Waals surface area (Å²) in [6.45, 7) is 5.94. The number of carbonyl (C=O) groups excluding carboxylic acids is 1. The maximum absolute atomic E-state index is 12.2. The van der Waals surface area contributed by atoms with Gasteiger partial charge in [-0.05, 0) is 48.0 Å². The maximum atomic E-state index is 12.2. The molecule has 1 atom stereocenters. The van der Waals surface area contributed by atoms with Crippen molar-refractivity contribution in [2.45, 2.75) is 31.1 Å². The highest BCUT2D eigenvalue weighted by Crippen LogP contribution is 2.24. The number of ether oxygens (including phenoxy) is 1. The molecule has 1 amide bonds. The zero-order chi connectivity index (χ0) is 13.9. The molecule has 0 aliphatic heterocycles. The minimum Gasteiger partial charge on any atom is -0.497 e. The Kier molecular flexibility index (Phi) is 5.22. The van der Waals surface area contributed by atoms with Crippen LogP contribution >= 0.6 is 31.9 Å². The molecule has 18 heavy (non-hydrogen) atoms. The Balaban J connectivity index is 2.97. The average molecular weight is 379 g/mol. The first kappa shape index (κ1) is 15.5. The molecule has 1 unspecified atom stereocenters. The second kappa shape index (κ2) is 6.06.